The van der Waals surface area contributed by atoms with Gasteiger partial charge in [0.2, 0.25) is 0 Å². The van der Waals surface area contributed by atoms with E-state index in [0.717, 1.165) is 5.56 Å². The Labute approximate surface area is 93.1 Å². The van der Waals surface area contributed by atoms with Crippen LogP contribution in [0.25, 0.3) is 0 Å². The first-order chi connectivity index (χ1) is 7.45. The molecule has 3 N–H and O–H groups in total. The van der Waals surface area contributed by atoms with Crippen LogP contribution in [-0.4, -0.2) is 17.1 Å². The number of carbonyl (C=O) groups is 1. The Bertz CT molecular complexity index is 439. The highest BCUT2D eigenvalue weighted by atomic mass is 19.1. The van der Waals surface area contributed by atoms with E-state index >= 15 is 0 Å². The Hall–Kier alpha value is -1.42. The maximum Gasteiger partial charge on any atom is 0.314 e. The second kappa shape index (κ2) is 3.56. The molecule has 0 heterocycles. The molecule has 0 unspecified atom stereocenters. The zero-order valence-corrected chi connectivity index (χ0v) is 9.03. The van der Waals surface area contributed by atoms with Crippen molar-refractivity contribution in [2.45, 2.75) is 31.2 Å². The molecule has 0 aromatic heterocycles. The smallest absolute Gasteiger partial charge is 0.314 e. The van der Waals surface area contributed by atoms with Crippen molar-refractivity contribution < 1.29 is 14.3 Å². The largest absolute Gasteiger partial charge is 0.481 e. The predicted molar refractivity (Wildman–Crippen MR) is 57.7 cm³/mol. The molecule has 0 atom stereocenters. The molecule has 4 heteroatoms. The molecule has 1 aromatic rings. The van der Waals surface area contributed by atoms with Crippen LogP contribution in [0.3, 0.4) is 0 Å². The van der Waals surface area contributed by atoms with Gasteiger partial charge in [0.05, 0.1) is 5.41 Å². The summed E-state index contributed by atoms with van der Waals surface area (Å²) in [6.45, 7) is 1.79. The number of carboxylic acid groups (broad SMARTS) is 1. The Balaban J connectivity index is 2.48. The highest BCUT2D eigenvalue weighted by Crippen LogP contribution is 2.44. The normalized spacial score (nSPS) is 28.6. The third-order valence-electron chi connectivity index (χ3n) is 3.35. The standard InChI is InChI=1S/C12H14FNO2/c1-7-2-3-8(13)4-10(7)12(11(15)16)5-9(14)6-12/h2-4,9H,5-6,14H2,1H3,(H,15,16). The number of aryl methyl sites for hydroxylation is 1. The number of aliphatic carboxylic acids is 1. The fraction of sp³-hybridized carbons (Fsp3) is 0.417. The van der Waals surface area contributed by atoms with Gasteiger partial charge < -0.3 is 10.8 Å². The fourth-order valence-corrected chi connectivity index (χ4v) is 2.45. The Morgan fingerprint density at radius 1 is 1.56 bits per heavy atom. The molecule has 0 amide bonds. The molecule has 86 valence electrons. The lowest BCUT2D eigenvalue weighted by Gasteiger charge is -2.43. The second-order valence-electron chi connectivity index (χ2n) is 4.51. The highest BCUT2D eigenvalue weighted by Gasteiger charge is 2.51. The molecule has 0 bridgehead atoms. The van der Waals surface area contributed by atoms with Gasteiger partial charge in [-0.1, -0.05) is 6.07 Å². The molecule has 1 aliphatic rings. The van der Waals surface area contributed by atoms with E-state index in [2.05, 4.69) is 0 Å². The van der Waals surface area contributed by atoms with Crippen molar-refractivity contribution in [3.05, 3.63) is 35.1 Å². The summed E-state index contributed by atoms with van der Waals surface area (Å²) in [6.07, 6.45) is 0.763. The van der Waals surface area contributed by atoms with E-state index < -0.39 is 17.2 Å². The molecule has 1 fully saturated rings. The van der Waals surface area contributed by atoms with Crippen LogP contribution in [0.1, 0.15) is 24.0 Å². The third kappa shape index (κ3) is 1.50. The lowest BCUT2D eigenvalue weighted by Crippen LogP contribution is -2.54. The van der Waals surface area contributed by atoms with Gasteiger partial charge in [0.1, 0.15) is 5.82 Å². The monoisotopic (exact) mass is 223 g/mol. The van der Waals surface area contributed by atoms with Gasteiger partial charge in [-0.05, 0) is 43.0 Å². The quantitative estimate of drug-likeness (QED) is 0.800. The van der Waals surface area contributed by atoms with Gasteiger partial charge in [-0.25, -0.2) is 4.39 Å². The fourth-order valence-electron chi connectivity index (χ4n) is 2.45. The minimum absolute atomic E-state index is 0.0984. The molecule has 2 rings (SSSR count). The minimum atomic E-state index is -0.981. The SMILES string of the molecule is Cc1ccc(F)cc1C1(C(=O)O)CC(N)C1. The number of carboxylic acids is 1. The predicted octanol–water partition coefficient (Wildman–Crippen LogP) is 1.58. The number of halogens is 1. The van der Waals surface area contributed by atoms with Crippen LogP contribution < -0.4 is 5.73 Å². The van der Waals surface area contributed by atoms with E-state index in [4.69, 9.17) is 5.73 Å². The van der Waals surface area contributed by atoms with E-state index in [9.17, 15) is 14.3 Å². The van der Waals surface area contributed by atoms with E-state index in [0.29, 0.717) is 18.4 Å². The molecule has 0 saturated heterocycles. The number of hydrogen-bond donors (Lipinski definition) is 2. The van der Waals surface area contributed by atoms with Crippen LogP contribution in [0, 0.1) is 12.7 Å². The van der Waals surface area contributed by atoms with Crippen molar-refractivity contribution in [2.24, 2.45) is 5.73 Å². The molecule has 0 radical (unpaired) electrons. The number of hydrogen-bond acceptors (Lipinski definition) is 2. The van der Waals surface area contributed by atoms with Gasteiger partial charge in [0.15, 0.2) is 0 Å². The van der Waals surface area contributed by atoms with Crippen LogP contribution >= 0.6 is 0 Å². The van der Waals surface area contributed by atoms with Crippen LogP contribution in [-0.2, 0) is 10.2 Å². The first-order valence-corrected chi connectivity index (χ1v) is 5.21. The number of nitrogens with two attached hydrogens (primary N) is 1. The summed E-state index contributed by atoms with van der Waals surface area (Å²) in [4.78, 5) is 11.3. The van der Waals surface area contributed by atoms with Gasteiger partial charge in [0.25, 0.3) is 0 Å². The maximum absolute atomic E-state index is 13.2. The molecule has 1 aliphatic carbocycles. The van der Waals surface area contributed by atoms with Crippen molar-refractivity contribution in [1.82, 2.24) is 0 Å². The molecule has 0 aliphatic heterocycles. The van der Waals surface area contributed by atoms with Gasteiger partial charge in [0, 0.05) is 6.04 Å². The molecular weight excluding hydrogens is 209 g/mol. The average Bonchev–Trinajstić information content (AvgIpc) is 2.16. The first-order valence-electron chi connectivity index (χ1n) is 5.21. The van der Waals surface area contributed by atoms with Crippen molar-refractivity contribution in [2.75, 3.05) is 0 Å². The first kappa shape index (κ1) is 11.1. The van der Waals surface area contributed by atoms with Crippen molar-refractivity contribution in [1.29, 1.82) is 0 Å². The maximum atomic E-state index is 13.2. The highest BCUT2D eigenvalue weighted by molar-refractivity contribution is 5.83. The summed E-state index contributed by atoms with van der Waals surface area (Å²) < 4.78 is 13.2. The lowest BCUT2D eigenvalue weighted by molar-refractivity contribution is -0.148. The topological polar surface area (TPSA) is 63.3 Å². The molecule has 1 aromatic carbocycles. The van der Waals surface area contributed by atoms with Crippen LogP contribution in [0.5, 0.6) is 0 Å². The van der Waals surface area contributed by atoms with Crippen LogP contribution in [0.15, 0.2) is 18.2 Å². The van der Waals surface area contributed by atoms with E-state index in [1.165, 1.54) is 12.1 Å². The summed E-state index contributed by atoms with van der Waals surface area (Å²) in [5, 5.41) is 9.29. The van der Waals surface area contributed by atoms with Gasteiger partial charge in [-0.3, -0.25) is 4.79 Å². The molecule has 1 saturated carbocycles. The molecule has 16 heavy (non-hydrogen) atoms. The molecular formula is C12H14FNO2. The van der Waals surface area contributed by atoms with Gasteiger partial charge in [-0.2, -0.15) is 0 Å². The van der Waals surface area contributed by atoms with Crippen molar-refractivity contribution >= 4 is 5.97 Å². The van der Waals surface area contributed by atoms with E-state index in [1.807, 2.05) is 0 Å². The zero-order chi connectivity index (χ0) is 11.9. The summed E-state index contributed by atoms with van der Waals surface area (Å²) in [5.41, 5.74) is 6.04. The van der Waals surface area contributed by atoms with Gasteiger partial charge in [-0.15, -0.1) is 0 Å². The summed E-state index contributed by atoms with van der Waals surface area (Å²) in [5.74, 6) is -1.32. The lowest BCUT2D eigenvalue weighted by atomic mass is 9.61. The van der Waals surface area contributed by atoms with E-state index in [-0.39, 0.29) is 6.04 Å². The van der Waals surface area contributed by atoms with E-state index in [1.54, 1.807) is 13.0 Å². The summed E-state index contributed by atoms with van der Waals surface area (Å²) in [6, 6.07) is 4.17. The van der Waals surface area contributed by atoms with Gasteiger partial charge >= 0.3 is 5.97 Å². The average molecular weight is 223 g/mol. The Morgan fingerprint density at radius 2 is 2.19 bits per heavy atom. The van der Waals surface area contributed by atoms with Crippen molar-refractivity contribution in [3.63, 3.8) is 0 Å². The summed E-state index contributed by atoms with van der Waals surface area (Å²) >= 11 is 0. The third-order valence-corrected chi connectivity index (χ3v) is 3.35. The zero-order valence-electron chi connectivity index (χ0n) is 9.03. The molecule has 0 spiro atoms. The Kier molecular flexibility index (Phi) is 2.46. The second-order valence-corrected chi connectivity index (χ2v) is 4.51. The number of benzene rings is 1. The number of rotatable bonds is 2. The van der Waals surface area contributed by atoms with Crippen LogP contribution in [0.4, 0.5) is 4.39 Å². The van der Waals surface area contributed by atoms with Crippen molar-refractivity contribution in [3.8, 4) is 0 Å². The minimum Gasteiger partial charge on any atom is -0.481 e. The summed E-state index contributed by atoms with van der Waals surface area (Å²) in [7, 11) is 0. The molecule has 3 nitrogen and oxygen atoms in total. The Morgan fingerprint density at radius 3 is 2.69 bits per heavy atom. The van der Waals surface area contributed by atoms with Crippen LogP contribution in [0.2, 0.25) is 0 Å².